The molecule has 7 nitrogen and oxygen atoms in total. The molecule has 5 rings (SSSR count). The average Bonchev–Trinajstić information content (AvgIpc) is 3.46. The number of amides is 1. The van der Waals surface area contributed by atoms with E-state index in [1.807, 2.05) is 6.92 Å². The van der Waals surface area contributed by atoms with Gasteiger partial charge in [-0.25, -0.2) is 0 Å². The molecule has 5 heterocycles. The second kappa shape index (κ2) is 6.74. The van der Waals surface area contributed by atoms with Gasteiger partial charge in [0.1, 0.15) is 5.76 Å². The second-order valence-electron chi connectivity index (χ2n) is 8.44. The predicted octanol–water partition coefficient (Wildman–Crippen LogP) is 2.55. The van der Waals surface area contributed by atoms with E-state index in [-0.39, 0.29) is 17.6 Å². The zero-order chi connectivity index (χ0) is 19.3. The van der Waals surface area contributed by atoms with Crippen LogP contribution in [0.4, 0.5) is 0 Å². The molecule has 150 valence electrons. The fourth-order valence-electron chi connectivity index (χ4n) is 5.42. The highest BCUT2D eigenvalue weighted by molar-refractivity contribution is 5.95. The fourth-order valence-corrected chi connectivity index (χ4v) is 5.42. The number of aryl methyl sites for hydroxylation is 2. The highest BCUT2D eigenvalue weighted by Gasteiger charge is 2.62. The van der Waals surface area contributed by atoms with E-state index in [0.29, 0.717) is 29.7 Å². The molecule has 2 bridgehead atoms. The molecule has 28 heavy (non-hydrogen) atoms. The summed E-state index contributed by atoms with van der Waals surface area (Å²) in [4.78, 5) is 14.9. The average molecular weight is 385 g/mol. The van der Waals surface area contributed by atoms with Crippen molar-refractivity contribution in [1.82, 2.24) is 15.4 Å². The molecule has 0 aromatic carbocycles. The first-order valence-electron chi connectivity index (χ1n) is 10.2. The van der Waals surface area contributed by atoms with E-state index in [0.717, 1.165) is 50.4 Å². The summed E-state index contributed by atoms with van der Waals surface area (Å²) in [6.07, 6.45) is 4.90. The van der Waals surface area contributed by atoms with Crippen LogP contribution in [0.15, 0.2) is 27.3 Å². The summed E-state index contributed by atoms with van der Waals surface area (Å²) in [6, 6.07) is 3.78. The van der Waals surface area contributed by atoms with Gasteiger partial charge in [0.05, 0.1) is 35.8 Å². The first-order valence-corrected chi connectivity index (χ1v) is 10.2. The maximum Gasteiger partial charge on any atom is 0.254 e. The van der Waals surface area contributed by atoms with E-state index in [1.54, 1.807) is 12.3 Å². The minimum absolute atomic E-state index is 0.0563. The zero-order valence-electron chi connectivity index (χ0n) is 16.4. The van der Waals surface area contributed by atoms with E-state index >= 15 is 0 Å². The minimum Gasteiger partial charge on any atom is -0.469 e. The van der Waals surface area contributed by atoms with Gasteiger partial charge in [0, 0.05) is 37.5 Å². The molecule has 0 radical (unpaired) electrons. The minimum atomic E-state index is -0.0633. The van der Waals surface area contributed by atoms with Crippen molar-refractivity contribution in [3.05, 3.63) is 41.2 Å². The predicted molar refractivity (Wildman–Crippen MR) is 101 cm³/mol. The van der Waals surface area contributed by atoms with Crippen LogP contribution >= 0.6 is 0 Å². The topological polar surface area (TPSA) is 80.7 Å². The van der Waals surface area contributed by atoms with Crippen LogP contribution in [0.25, 0.3) is 0 Å². The molecule has 1 N–H and O–H groups in total. The van der Waals surface area contributed by atoms with Crippen LogP contribution in [0.2, 0.25) is 0 Å². The number of rotatable bonds is 6. The monoisotopic (exact) mass is 385 g/mol. The summed E-state index contributed by atoms with van der Waals surface area (Å²) < 4.78 is 17.2. The van der Waals surface area contributed by atoms with Gasteiger partial charge in [-0.2, -0.15) is 0 Å². The maximum absolute atomic E-state index is 12.5. The Morgan fingerprint density at radius 1 is 1.46 bits per heavy atom. The maximum atomic E-state index is 12.5. The Balaban J connectivity index is 1.24. The van der Waals surface area contributed by atoms with Gasteiger partial charge in [-0.15, -0.1) is 0 Å². The van der Waals surface area contributed by atoms with Crippen LogP contribution in [0.3, 0.4) is 0 Å². The third kappa shape index (κ3) is 2.88. The Hall–Kier alpha value is -2.12. The lowest BCUT2D eigenvalue weighted by Gasteiger charge is -2.29. The van der Waals surface area contributed by atoms with Gasteiger partial charge in [-0.05, 0) is 32.3 Å². The Morgan fingerprint density at radius 3 is 3.11 bits per heavy atom. The summed E-state index contributed by atoms with van der Waals surface area (Å²) in [5, 5.41) is 7.21. The summed E-state index contributed by atoms with van der Waals surface area (Å²) in [7, 11) is 0. The van der Waals surface area contributed by atoms with Gasteiger partial charge in [0.25, 0.3) is 5.91 Å². The third-order valence-corrected chi connectivity index (χ3v) is 6.81. The number of fused-ring (bicyclic) bond motifs is 1. The largest absolute Gasteiger partial charge is 0.469 e. The van der Waals surface area contributed by atoms with Crippen LogP contribution < -0.4 is 5.32 Å². The zero-order valence-corrected chi connectivity index (χ0v) is 16.4. The molecule has 1 spiro atoms. The van der Waals surface area contributed by atoms with Gasteiger partial charge in [0.15, 0.2) is 5.76 Å². The van der Waals surface area contributed by atoms with Gasteiger partial charge in [-0.1, -0.05) is 12.1 Å². The molecular weight excluding hydrogens is 358 g/mol. The summed E-state index contributed by atoms with van der Waals surface area (Å²) in [5.74, 6) is 2.32. The van der Waals surface area contributed by atoms with Crippen molar-refractivity contribution in [3.63, 3.8) is 0 Å². The molecule has 3 aliphatic heterocycles. The Kier molecular flexibility index (Phi) is 4.32. The summed E-state index contributed by atoms with van der Waals surface area (Å²) in [5.41, 5.74) is 1.56. The van der Waals surface area contributed by atoms with Crippen molar-refractivity contribution in [2.24, 2.45) is 11.8 Å². The normalized spacial score (nSPS) is 31.4. The molecule has 0 aliphatic carbocycles. The van der Waals surface area contributed by atoms with Crippen LogP contribution in [0.1, 0.15) is 47.3 Å². The fraction of sp³-hybridized carbons (Fsp3) is 0.619. The molecular formula is C21H27N3O4. The highest BCUT2D eigenvalue weighted by atomic mass is 16.5. The van der Waals surface area contributed by atoms with Crippen LogP contribution in [-0.2, 0) is 17.7 Å². The first-order chi connectivity index (χ1) is 13.6. The van der Waals surface area contributed by atoms with E-state index in [4.69, 9.17) is 13.7 Å². The van der Waals surface area contributed by atoms with Crippen molar-refractivity contribution >= 4 is 5.91 Å². The van der Waals surface area contributed by atoms with E-state index in [9.17, 15) is 4.79 Å². The Bertz CT molecular complexity index is 875. The van der Waals surface area contributed by atoms with Crippen LogP contribution in [0, 0.1) is 18.8 Å². The van der Waals surface area contributed by atoms with Gasteiger partial charge in [-0.3, -0.25) is 9.69 Å². The van der Waals surface area contributed by atoms with Crippen LogP contribution in [-0.4, -0.2) is 47.3 Å². The lowest BCUT2D eigenvalue weighted by molar-refractivity contribution is 0.00155. The molecule has 0 unspecified atom stereocenters. The number of hydrogen-bond donors (Lipinski definition) is 1. The molecule has 4 atom stereocenters. The first kappa shape index (κ1) is 17.9. The lowest BCUT2D eigenvalue weighted by atomic mass is 9.73. The number of ether oxygens (including phenoxy) is 1. The van der Waals surface area contributed by atoms with Gasteiger partial charge in [0.2, 0.25) is 0 Å². The standard InChI is InChI=1S/C21H27N3O4/c1-3-14-8-15(28-23-14)10-24-11-18-17(19-4-6-21(18,12-24)27-19)9-22-20(25)16-5-7-26-13(16)2/h5,7-8,17-19H,3-4,6,9-12H2,1-2H3,(H,22,25)/t17-,18+,19+,21+/m0/s1. The van der Waals surface area contributed by atoms with Crippen LogP contribution in [0.5, 0.6) is 0 Å². The molecule has 2 aromatic heterocycles. The highest BCUT2D eigenvalue weighted by Crippen LogP contribution is 2.54. The van der Waals surface area contributed by atoms with Crippen molar-refractivity contribution in [1.29, 1.82) is 0 Å². The number of hydrogen-bond acceptors (Lipinski definition) is 6. The molecule has 3 fully saturated rings. The lowest BCUT2D eigenvalue weighted by Crippen LogP contribution is -2.41. The van der Waals surface area contributed by atoms with Crippen molar-refractivity contribution in [2.45, 2.75) is 51.4 Å². The van der Waals surface area contributed by atoms with Gasteiger partial charge >= 0.3 is 0 Å². The molecule has 1 amide bonds. The third-order valence-electron chi connectivity index (χ3n) is 6.81. The van der Waals surface area contributed by atoms with E-state index in [1.165, 1.54) is 0 Å². The number of nitrogens with one attached hydrogen (secondary N) is 1. The van der Waals surface area contributed by atoms with Crippen molar-refractivity contribution in [2.75, 3.05) is 19.6 Å². The number of carbonyl (C=O) groups excluding carboxylic acids is 1. The van der Waals surface area contributed by atoms with Gasteiger partial charge < -0.3 is 19.0 Å². The molecule has 3 saturated heterocycles. The number of furan rings is 1. The molecule has 0 saturated carbocycles. The SMILES string of the molecule is CCc1cc(CN2C[C@@H]3[C@H](CNC(=O)c4ccoc4C)[C@H]4CC[C@]3(C2)O4)on1. The van der Waals surface area contributed by atoms with Crippen molar-refractivity contribution < 1.29 is 18.5 Å². The van der Waals surface area contributed by atoms with E-state index < -0.39 is 0 Å². The molecule has 3 aliphatic rings. The summed E-state index contributed by atoms with van der Waals surface area (Å²) >= 11 is 0. The quantitative estimate of drug-likeness (QED) is 0.823. The Morgan fingerprint density at radius 2 is 2.36 bits per heavy atom. The number of nitrogens with zero attached hydrogens (tertiary/aromatic N) is 2. The molecule has 7 heteroatoms. The second-order valence-corrected chi connectivity index (χ2v) is 8.44. The number of likely N-dealkylation sites (tertiary alicyclic amines) is 1. The molecule has 2 aromatic rings. The van der Waals surface area contributed by atoms with E-state index in [2.05, 4.69) is 28.4 Å². The Labute approximate surface area is 164 Å². The number of carbonyl (C=O) groups is 1. The van der Waals surface area contributed by atoms with Crippen molar-refractivity contribution in [3.8, 4) is 0 Å². The smallest absolute Gasteiger partial charge is 0.254 e. The summed E-state index contributed by atoms with van der Waals surface area (Å²) in [6.45, 7) is 7.22. The number of aromatic nitrogens is 1.